The Labute approximate surface area is 153 Å². The summed E-state index contributed by atoms with van der Waals surface area (Å²) < 4.78 is 0. The van der Waals surface area contributed by atoms with Crippen molar-refractivity contribution in [2.75, 3.05) is 32.0 Å². The minimum atomic E-state index is -0.0763. The molecule has 25 heavy (non-hydrogen) atoms. The molecule has 0 aliphatic carbocycles. The molecule has 0 radical (unpaired) electrons. The lowest BCUT2D eigenvalue weighted by molar-refractivity contribution is -0.121. The molecule has 0 saturated carbocycles. The average molecular weight is 346 g/mol. The maximum atomic E-state index is 12.6. The number of likely N-dealkylation sites (tertiary alicyclic amines) is 1. The second-order valence-corrected chi connectivity index (χ2v) is 8.36. The minimum Gasteiger partial charge on any atom is -0.325 e. The van der Waals surface area contributed by atoms with Gasteiger partial charge < -0.3 is 10.6 Å². The number of hydrogen-bond acceptors (Lipinski definition) is 3. The first-order valence-corrected chi connectivity index (χ1v) is 9.61. The fourth-order valence-corrected chi connectivity index (χ4v) is 3.44. The molecule has 4 nitrogen and oxygen atoms in total. The number of rotatable bonds is 6. The first-order chi connectivity index (χ1) is 11.8. The van der Waals surface area contributed by atoms with Crippen LogP contribution >= 0.6 is 0 Å². The summed E-state index contributed by atoms with van der Waals surface area (Å²) in [7, 11) is 2.01. The molecule has 4 heteroatoms. The van der Waals surface area contributed by atoms with Crippen molar-refractivity contribution in [1.82, 2.24) is 10.2 Å². The van der Waals surface area contributed by atoms with Crippen molar-refractivity contribution in [2.24, 2.45) is 5.92 Å². The summed E-state index contributed by atoms with van der Waals surface area (Å²) in [4.78, 5) is 14.9. The van der Waals surface area contributed by atoms with E-state index in [0.717, 1.165) is 31.2 Å². The number of nitrogens with zero attached hydrogens (tertiary/aromatic N) is 1. The molecule has 1 unspecified atom stereocenters. The number of carbonyl (C=O) groups excluding carboxylic acids is 1. The van der Waals surface area contributed by atoms with Gasteiger partial charge in [-0.05, 0) is 81.9 Å². The molecular formula is C21H35N3O. The highest BCUT2D eigenvalue weighted by Gasteiger charge is 2.26. The molecular weight excluding hydrogens is 310 g/mol. The molecule has 0 spiro atoms. The number of carbonyl (C=O) groups is 1. The van der Waals surface area contributed by atoms with E-state index in [1.54, 1.807) is 0 Å². The molecule has 1 heterocycles. The minimum absolute atomic E-state index is 0.0763. The number of amides is 1. The maximum absolute atomic E-state index is 12.6. The van der Waals surface area contributed by atoms with E-state index in [1.165, 1.54) is 24.8 Å². The maximum Gasteiger partial charge on any atom is 0.241 e. The highest BCUT2D eigenvalue weighted by Crippen LogP contribution is 2.24. The van der Waals surface area contributed by atoms with Gasteiger partial charge in [-0.15, -0.1) is 0 Å². The molecule has 2 rings (SSSR count). The van der Waals surface area contributed by atoms with Crippen LogP contribution in [0, 0.1) is 5.92 Å². The summed E-state index contributed by atoms with van der Waals surface area (Å²) in [5.74, 6) is 0.890. The van der Waals surface area contributed by atoms with Gasteiger partial charge >= 0.3 is 0 Å². The van der Waals surface area contributed by atoms with Crippen LogP contribution in [0.4, 0.5) is 5.69 Å². The van der Waals surface area contributed by atoms with Crippen LogP contribution in [0.15, 0.2) is 24.3 Å². The summed E-state index contributed by atoms with van der Waals surface area (Å²) in [6.45, 7) is 11.7. The molecule has 1 aromatic carbocycles. The second kappa shape index (κ2) is 8.81. The standard InChI is InChI=1S/C21H35N3O/c1-16(24-14-11-17(12-15-24)10-13-22-5)20(25)23-19-8-6-18(7-9-19)21(2,3)4/h6-9,16-17,22H,10-15H2,1-5H3,(H,23,25). The van der Waals surface area contributed by atoms with Crippen molar-refractivity contribution in [3.63, 3.8) is 0 Å². The zero-order valence-corrected chi connectivity index (χ0v) is 16.6. The third-order valence-corrected chi connectivity index (χ3v) is 5.40. The Bertz CT molecular complexity index is 539. The average Bonchev–Trinajstić information content (AvgIpc) is 2.59. The van der Waals surface area contributed by atoms with E-state index in [0.29, 0.717) is 0 Å². The summed E-state index contributed by atoms with van der Waals surface area (Å²) >= 11 is 0. The van der Waals surface area contributed by atoms with Gasteiger partial charge in [0.25, 0.3) is 0 Å². The van der Waals surface area contributed by atoms with Gasteiger partial charge in [-0.1, -0.05) is 32.9 Å². The van der Waals surface area contributed by atoms with Crippen molar-refractivity contribution >= 4 is 11.6 Å². The van der Waals surface area contributed by atoms with Gasteiger partial charge in [0.2, 0.25) is 5.91 Å². The molecule has 1 aromatic rings. The van der Waals surface area contributed by atoms with Crippen LogP contribution in [0.3, 0.4) is 0 Å². The van der Waals surface area contributed by atoms with E-state index in [4.69, 9.17) is 0 Å². The first-order valence-electron chi connectivity index (χ1n) is 9.61. The highest BCUT2D eigenvalue weighted by atomic mass is 16.2. The van der Waals surface area contributed by atoms with Gasteiger partial charge in [-0.2, -0.15) is 0 Å². The SMILES string of the molecule is CNCCC1CCN(C(C)C(=O)Nc2ccc(C(C)(C)C)cc2)CC1. The van der Waals surface area contributed by atoms with Gasteiger partial charge in [-0.3, -0.25) is 9.69 Å². The van der Waals surface area contributed by atoms with Crippen LogP contribution in [0.25, 0.3) is 0 Å². The highest BCUT2D eigenvalue weighted by molar-refractivity contribution is 5.94. The smallest absolute Gasteiger partial charge is 0.241 e. The van der Waals surface area contributed by atoms with E-state index in [-0.39, 0.29) is 17.4 Å². The predicted molar refractivity (Wildman–Crippen MR) is 106 cm³/mol. The number of nitrogens with one attached hydrogen (secondary N) is 2. The van der Waals surface area contributed by atoms with Gasteiger partial charge in [0.1, 0.15) is 0 Å². The molecule has 0 bridgehead atoms. The Kier molecular flexibility index (Phi) is 7.03. The Hall–Kier alpha value is -1.39. The number of piperidine rings is 1. The number of benzene rings is 1. The number of anilines is 1. The van der Waals surface area contributed by atoms with E-state index < -0.39 is 0 Å². The third kappa shape index (κ3) is 5.82. The Morgan fingerprint density at radius 2 is 1.80 bits per heavy atom. The quantitative estimate of drug-likeness (QED) is 0.827. The van der Waals surface area contributed by atoms with Crippen LogP contribution in [-0.2, 0) is 10.2 Å². The van der Waals surface area contributed by atoms with E-state index in [2.05, 4.69) is 48.4 Å². The van der Waals surface area contributed by atoms with Gasteiger partial charge in [-0.25, -0.2) is 0 Å². The van der Waals surface area contributed by atoms with Crippen molar-refractivity contribution in [1.29, 1.82) is 0 Å². The lowest BCUT2D eigenvalue weighted by Crippen LogP contribution is -2.46. The summed E-state index contributed by atoms with van der Waals surface area (Å²) in [5, 5.41) is 6.30. The fraction of sp³-hybridized carbons (Fsp3) is 0.667. The monoisotopic (exact) mass is 345 g/mol. The zero-order valence-electron chi connectivity index (χ0n) is 16.6. The first kappa shape index (κ1) is 19.9. The van der Waals surface area contributed by atoms with Crippen molar-refractivity contribution < 1.29 is 4.79 Å². The van der Waals surface area contributed by atoms with Crippen LogP contribution < -0.4 is 10.6 Å². The van der Waals surface area contributed by atoms with Gasteiger partial charge in [0.15, 0.2) is 0 Å². The molecule has 1 saturated heterocycles. The van der Waals surface area contributed by atoms with Crippen LogP contribution in [0.1, 0.15) is 52.5 Å². The van der Waals surface area contributed by atoms with Crippen molar-refractivity contribution in [3.05, 3.63) is 29.8 Å². The fourth-order valence-electron chi connectivity index (χ4n) is 3.44. The summed E-state index contributed by atoms with van der Waals surface area (Å²) in [6, 6.07) is 8.15. The van der Waals surface area contributed by atoms with Crippen LogP contribution in [-0.4, -0.2) is 43.5 Å². The topological polar surface area (TPSA) is 44.4 Å². The van der Waals surface area contributed by atoms with E-state index >= 15 is 0 Å². The summed E-state index contributed by atoms with van der Waals surface area (Å²) in [6.07, 6.45) is 3.63. The molecule has 1 aliphatic heterocycles. The largest absolute Gasteiger partial charge is 0.325 e. The molecule has 0 aromatic heterocycles. The van der Waals surface area contributed by atoms with Gasteiger partial charge in [0, 0.05) is 5.69 Å². The summed E-state index contributed by atoms with van der Waals surface area (Å²) in [5.41, 5.74) is 2.30. The molecule has 1 atom stereocenters. The third-order valence-electron chi connectivity index (χ3n) is 5.40. The molecule has 140 valence electrons. The molecule has 1 amide bonds. The molecule has 2 N–H and O–H groups in total. The Morgan fingerprint density at radius 3 is 2.32 bits per heavy atom. The lowest BCUT2D eigenvalue weighted by Gasteiger charge is -2.35. The van der Waals surface area contributed by atoms with Crippen molar-refractivity contribution in [2.45, 2.75) is 58.4 Å². The predicted octanol–water partition coefficient (Wildman–Crippen LogP) is 3.63. The van der Waals surface area contributed by atoms with E-state index in [9.17, 15) is 4.79 Å². The normalized spacial score (nSPS) is 18.1. The Morgan fingerprint density at radius 1 is 1.20 bits per heavy atom. The van der Waals surface area contributed by atoms with Gasteiger partial charge in [0.05, 0.1) is 6.04 Å². The van der Waals surface area contributed by atoms with E-state index in [1.807, 2.05) is 26.1 Å². The van der Waals surface area contributed by atoms with Crippen molar-refractivity contribution in [3.8, 4) is 0 Å². The lowest BCUT2D eigenvalue weighted by atomic mass is 9.87. The zero-order chi connectivity index (χ0) is 18.4. The van der Waals surface area contributed by atoms with Crippen LogP contribution in [0.5, 0.6) is 0 Å². The number of hydrogen-bond donors (Lipinski definition) is 2. The van der Waals surface area contributed by atoms with Crippen LogP contribution in [0.2, 0.25) is 0 Å². The Balaban J connectivity index is 1.84. The molecule has 1 fully saturated rings. The molecule has 1 aliphatic rings. The second-order valence-electron chi connectivity index (χ2n) is 8.36.